The second kappa shape index (κ2) is 15.9. The number of benzene rings is 4. The fraction of sp³-hybridized carbons (Fsp3) is 0.211. The number of hydrogen-bond donors (Lipinski definition) is 2. The molecule has 200 valence electrons. The van der Waals surface area contributed by atoms with Crippen molar-refractivity contribution in [3.05, 3.63) is 118 Å². The van der Waals surface area contributed by atoms with Crippen molar-refractivity contribution in [2.24, 2.45) is 0 Å². The van der Waals surface area contributed by atoms with Gasteiger partial charge >= 0.3 is 0 Å². The smallest absolute Gasteiger partial charge is 0.0431 e. The first-order valence-corrected chi connectivity index (χ1v) is 14.0. The standard InChI is InChI=1S/C38H36O2/c39-29-9-3-1-5-11-31-15-19-33(20-16-31)23-25-35-27-28-36(38-14-8-7-13-37(35)38)26-24-34-21-17-32(18-22-34)12-6-2-4-10-30-40/h7-8,13-28,39-40H,1-4,9-10,29-30H2/b25-23-,26-24+. The van der Waals surface area contributed by atoms with Gasteiger partial charge < -0.3 is 10.2 Å². The predicted octanol–water partition coefficient (Wildman–Crippen LogP) is 8.21. The molecule has 0 fully saturated rings. The molecule has 0 radical (unpaired) electrons. The topological polar surface area (TPSA) is 40.5 Å². The van der Waals surface area contributed by atoms with Gasteiger partial charge in [-0.15, -0.1) is 0 Å². The van der Waals surface area contributed by atoms with Crippen molar-refractivity contribution in [2.45, 2.75) is 38.5 Å². The minimum Gasteiger partial charge on any atom is -0.396 e. The largest absolute Gasteiger partial charge is 0.396 e. The third-order valence-corrected chi connectivity index (χ3v) is 6.61. The zero-order chi connectivity index (χ0) is 27.8. The summed E-state index contributed by atoms with van der Waals surface area (Å²) in [4.78, 5) is 0. The molecule has 40 heavy (non-hydrogen) atoms. The first kappa shape index (κ1) is 28.7. The van der Waals surface area contributed by atoms with Crippen LogP contribution in [0.5, 0.6) is 0 Å². The van der Waals surface area contributed by atoms with E-state index in [1.807, 2.05) is 0 Å². The van der Waals surface area contributed by atoms with Crippen LogP contribution >= 0.6 is 0 Å². The highest BCUT2D eigenvalue weighted by Crippen LogP contribution is 2.26. The lowest BCUT2D eigenvalue weighted by Crippen LogP contribution is -1.83. The van der Waals surface area contributed by atoms with Crippen LogP contribution in [0.2, 0.25) is 0 Å². The molecule has 0 amide bonds. The zero-order valence-corrected chi connectivity index (χ0v) is 22.9. The van der Waals surface area contributed by atoms with Gasteiger partial charge in [0.05, 0.1) is 0 Å². The Morgan fingerprint density at radius 2 is 0.900 bits per heavy atom. The molecule has 0 spiro atoms. The van der Waals surface area contributed by atoms with Crippen LogP contribution in [0.15, 0.2) is 84.9 Å². The molecule has 0 bridgehead atoms. The number of aliphatic hydroxyl groups is 2. The van der Waals surface area contributed by atoms with Crippen molar-refractivity contribution in [1.29, 1.82) is 0 Å². The molecule has 0 atom stereocenters. The molecule has 4 rings (SSSR count). The third-order valence-electron chi connectivity index (χ3n) is 6.61. The van der Waals surface area contributed by atoms with E-state index in [-0.39, 0.29) is 13.2 Å². The van der Waals surface area contributed by atoms with Gasteiger partial charge in [0.1, 0.15) is 0 Å². The molecular formula is C38H36O2. The van der Waals surface area contributed by atoms with E-state index in [2.05, 4.69) is 133 Å². The summed E-state index contributed by atoms with van der Waals surface area (Å²) < 4.78 is 0. The summed E-state index contributed by atoms with van der Waals surface area (Å²) in [7, 11) is 0. The van der Waals surface area contributed by atoms with Crippen molar-refractivity contribution in [3.8, 4) is 23.7 Å². The molecule has 0 unspecified atom stereocenters. The van der Waals surface area contributed by atoms with Gasteiger partial charge in [0, 0.05) is 37.2 Å². The first-order chi connectivity index (χ1) is 19.8. The van der Waals surface area contributed by atoms with Crippen LogP contribution in [0.3, 0.4) is 0 Å². The Kier molecular flexibility index (Phi) is 11.4. The van der Waals surface area contributed by atoms with Crippen LogP contribution in [0, 0.1) is 23.7 Å². The van der Waals surface area contributed by atoms with E-state index in [1.165, 1.54) is 21.9 Å². The van der Waals surface area contributed by atoms with Crippen molar-refractivity contribution >= 4 is 35.1 Å². The van der Waals surface area contributed by atoms with E-state index >= 15 is 0 Å². The van der Waals surface area contributed by atoms with Crippen molar-refractivity contribution in [3.63, 3.8) is 0 Å². The third kappa shape index (κ3) is 8.86. The normalized spacial score (nSPS) is 10.9. The molecule has 0 saturated heterocycles. The van der Waals surface area contributed by atoms with E-state index in [1.54, 1.807) is 0 Å². The first-order valence-electron chi connectivity index (χ1n) is 14.0. The number of aliphatic hydroxyl groups excluding tert-OH is 2. The second-order valence-electron chi connectivity index (χ2n) is 9.67. The van der Waals surface area contributed by atoms with Gasteiger partial charge in [0.15, 0.2) is 0 Å². The number of unbranched alkanes of at least 4 members (excludes halogenated alkanes) is 4. The van der Waals surface area contributed by atoms with Crippen LogP contribution in [-0.2, 0) is 0 Å². The van der Waals surface area contributed by atoms with Crippen LogP contribution in [-0.4, -0.2) is 23.4 Å². The zero-order valence-electron chi connectivity index (χ0n) is 22.9. The molecule has 0 heterocycles. The minimum absolute atomic E-state index is 0.233. The predicted molar refractivity (Wildman–Crippen MR) is 170 cm³/mol. The van der Waals surface area contributed by atoms with Gasteiger partial charge in [0.2, 0.25) is 0 Å². The molecule has 0 aliphatic heterocycles. The highest BCUT2D eigenvalue weighted by atomic mass is 16.3. The van der Waals surface area contributed by atoms with Gasteiger partial charge in [-0.2, -0.15) is 0 Å². The Labute approximate surface area is 238 Å². The van der Waals surface area contributed by atoms with E-state index in [0.29, 0.717) is 0 Å². The fourth-order valence-electron chi connectivity index (χ4n) is 4.34. The monoisotopic (exact) mass is 524 g/mol. The fourth-order valence-corrected chi connectivity index (χ4v) is 4.34. The lowest BCUT2D eigenvalue weighted by atomic mass is 9.98. The quantitative estimate of drug-likeness (QED) is 0.125. The lowest BCUT2D eigenvalue weighted by Gasteiger charge is -2.07. The Morgan fingerprint density at radius 3 is 1.30 bits per heavy atom. The molecule has 2 nitrogen and oxygen atoms in total. The van der Waals surface area contributed by atoms with Crippen LogP contribution in [0.25, 0.3) is 35.1 Å². The summed E-state index contributed by atoms with van der Waals surface area (Å²) in [6, 6.07) is 29.5. The second-order valence-corrected chi connectivity index (χ2v) is 9.67. The van der Waals surface area contributed by atoms with Crippen LogP contribution in [0.4, 0.5) is 0 Å². The maximum atomic E-state index is 8.86. The van der Waals surface area contributed by atoms with E-state index < -0.39 is 0 Å². The molecule has 0 aliphatic rings. The molecule has 4 aromatic carbocycles. The molecular weight excluding hydrogens is 488 g/mol. The van der Waals surface area contributed by atoms with Gasteiger partial charge in [-0.1, -0.05) is 109 Å². The maximum Gasteiger partial charge on any atom is 0.0431 e. The Bertz CT molecular complexity index is 1430. The van der Waals surface area contributed by atoms with E-state index in [0.717, 1.165) is 60.8 Å². The molecule has 0 aliphatic carbocycles. The molecule has 4 aromatic rings. The van der Waals surface area contributed by atoms with Gasteiger partial charge in [-0.05, 0) is 83.0 Å². The summed E-state index contributed by atoms with van der Waals surface area (Å²) in [5, 5.41) is 20.2. The van der Waals surface area contributed by atoms with E-state index in [4.69, 9.17) is 10.2 Å². The highest BCUT2D eigenvalue weighted by Gasteiger charge is 2.02. The van der Waals surface area contributed by atoms with Crippen molar-refractivity contribution in [2.75, 3.05) is 13.2 Å². The average Bonchev–Trinajstić information content (AvgIpc) is 3.00. The van der Waals surface area contributed by atoms with Gasteiger partial charge in [0.25, 0.3) is 0 Å². The number of fused-ring (bicyclic) bond motifs is 1. The Balaban J connectivity index is 1.44. The SMILES string of the molecule is OCCCCC#Cc1ccc(/C=C\c2ccc(/C=C/c3ccc(C#CCCCCO)cc3)c3ccccc23)cc1. The van der Waals surface area contributed by atoms with Crippen LogP contribution < -0.4 is 0 Å². The molecule has 2 N–H and O–H groups in total. The van der Waals surface area contributed by atoms with Crippen molar-refractivity contribution < 1.29 is 10.2 Å². The van der Waals surface area contributed by atoms with Crippen molar-refractivity contribution in [1.82, 2.24) is 0 Å². The van der Waals surface area contributed by atoms with Crippen LogP contribution in [0.1, 0.15) is 71.9 Å². The van der Waals surface area contributed by atoms with Gasteiger partial charge in [-0.25, -0.2) is 0 Å². The summed E-state index contributed by atoms with van der Waals surface area (Å²) in [6.07, 6.45) is 13.8. The maximum absolute atomic E-state index is 8.86. The Hall–Kier alpha value is -4.34. The summed E-state index contributed by atoms with van der Waals surface area (Å²) in [5.74, 6) is 12.8. The summed E-state index contributed by atoms with van der Waals surface area (Å²) in [6.45, 7) is 0.466. The molecule has 0 aromatic heterocycles. The van der Waals surface area contributed by atoms with Gasteiger partial charge in [-0.3, -0.25) is 0 Å². The minimum atomic E-state index is 0.233. The number of rotatable bonds is 10. The summed E-state index contributed by atoms with van der Waals surface area (Å²) in [5.41, 5.74) is 6.67. The highest BCUT2D eigenvalue weighted by molar-refractivity contribution is 5.99. The molecule has 0 saturated carbocycles. The average molecular weight is 525 g/mol. The number of hydrogen-bond acceptors (Lipinski definition) is 2. The Morgan fingerprint density at radius 1 is 0.475 bits per heavy atom. The summed E-state index contributed by atoms with van der Waals surface area (Å²) >= 11 is 0. The lowest BCUT2D eigenvalue weighted by molar-refractivity contribution is 0.285. The molecule has 2 heteroatoms. The van der Waals surface area contributed by atoms with E-state index in [9.17, 15) is 0 Å².